The SMILES string of the molecule is Cc1cc(C)n(-c2ccc(NCC3(C)CCCCC3O)nn2)n1. The fourth-order valence-electron chi connectivity index (χ4n) is 3.27. The van der Waals surface area contributed by atoms with Gasteiger partial charge in [0.05, 0.1) is 11.8 Å². The number of anilines is 1. The molecule has 2 heterocycles. The van der Waals surface area contributed by atoms with Gasteiger partial charge in [-0.1, -0.05) is 19.8 Å². The number of aliphatic hydroxyl groups is 1. The van der Waals surface area contributed by atoms with Crippen LogP contribution in [0.1, 0.15) is 44.0 Å². The van der Waals surface area contributed by atoms with Crippen LogP contribution in [0.25, 0.3) is 5.82 Å². The third-order valence-corrected chi connectivity index (χ3v) is 4.83. The molecule has 0 aromatic carbocycles. The predicted octanol–water partition coefficient (Wildman–Crippen LogP) is 2.63. The molecule has 1 aliphatic rings. The maximum absolute atomic E-state index is 10.2. The molecule has 2 aromatic heterocycles. The van der Waals surface area contributed by atoms with Crippen molar-refractivity contribution in [2.75, 3.05) is 11.9 Å². The fraction of sp³-hybridized carbons (Fsp3) is 0.588. The first-order chi connectivity index (χ1) is 11.0. The van der Waals surface area contributed by atoms with Crippen LogP contribution in [0.2, 0.25) is 0 Å². The van der Waals surface area contributed by atoms with E-state index in [1.165, 1.54) is 6.42 Å². The number of hydrogen-bond acceptors (Lipinski definition) is 5. The third-order valence-electron chi connectivity index (χ3n) is 4.83. The molecule has 0 spiro atoms. The minimum absolute atomic E-state index is 0.0890. The van der Waals surface area contributed by atoms with Gasteiger partial charge in [-0.25, -0.2) is 4.68 Å². The summed E-state index contributed by atoms with van der Waals surface area (Å²) < 4.78 is 1.79. The highest BCUT2D eigenvalue weighted by atomic mass is 16.3. The lowest BCUT2D eigenvalue weighted by Crippen LogP contribution is -2.41. The van der Waals surface area contributed by atoms with E-state index in [2.05, 4.69) is 27.5 Å². The van der Waals surface area contributed by atoms with Crippen LogP contribution >= 0.6 is 0 Å². The summed E-state index contributed by atoms with van der Waals surface area (Å²) in [7, 11) is 0. The predicted molar refractivity (Wildman–Crippen MR) is 89.7 cm³/mol. The van der Waals surface area contributed by atoms with Crippen molar-refractivity contribution < 1.29 is 5.11 Å². The van der Waals surface area contributed by atoms with Gasteiger partial charge in [0, 0.05) is 17.7 Å². The van der Waals surface area contributed by atoms with E-state index >= 15 is 0 Å². The van der Waals surface area contributed by atoms with Crippen molar-refractivity contribution in [3.8, 4) is 5.82 Å². The lowest BCUT2D eigenvalue weighted by Gasteiger charge is -2.38. The average molecular weight is 315 g/mol. The van der Waals surface area contributed by atoms with Gasteiger partial charge in [-0.15, -0.1) is 10.2 Å². The molecule has 0 saturated heterocycles. The number of aliphatic hydroxyl groups excluding tert-OH is 1. The first kappa shape index (κ1) is 15.9. The number of aryl methyl sites for hydroxylation is 2. The van der Waals surface area contributed by atoms with Crippen LogP contribution < -0.4 is 5.32 Å². The lowest BCUT2D eigenvalue weighted by molar-refractivity contribution is 0.00957. The molecular weight excluding hydrogens is 290 g/mol. The first-order valence-corrected chi connectivity index (χ1v) is 8.27. The van der Waals surface area contributed by atoms with E-state index in [9.17, 15) is 5.11 Å². The normalized spacial score (nSPS) is 24.6. The molecule has 23 heavy (non-hydrogen) atoms. The fourth-order valence-corrected chi connectivity index (χ4v) is 3.27. The molecular formula is C17H25N5O. The summed E-state index contributed by atoms with van der Waals surface area (Å²) in [4.78, 5) is 0. The van der Waals surface area contributed by atoms with E-state index < -0.39 is 0 Å². The molecule has 3 rings (SSSR count). The highest BCUT2D eigenvalue weighted by Gasteiger charge is 2.35. The summed E-state index contributed by atoms with van der Waals surface area (Å²) in [6, 6.07) is 5.84. The molecule has 0 amide bonds. The maximum atomic E-state index is 10.2. The van der Waals surface area contributed by atoms with Gasteiger partial charge in [0.1, 0.15) is 5.82 Å². The third kappa shape index (κ3) is 3.37. The van der Waals surface area contributed by atoms with E-state index in [4.69, 9.17) is 0 Å². The van der Waals surface area contributed by atoms with E-state index in [1.807, 2.05) is 32.0 Å². The molecule has 6 nitrogen and oxygen atoms in total. The van der Waals surface area contributed by atoms with Crippen LogP contribution in [0, 0.1) is 19.3 Å². The summed E-state index contributed by atoms with van der Waals surface area (Å²) in [5.74, 6) is 1.44. The Labute approximate surface area is 136 Å². The largest absolute Gasteiger partial charge is 0.392 e. The molecule has 2 aromatic rings. The van der Waals surface area contributed by atoms with Crippen molar-refractivity contribution in [2.24, 2.45) is 5.41 Å². The second kappa shape index (κ2) is 6.28. The number of aromatic nitrogens is 4. The van der Waals surface area contributed by atoms with Crippen LogP contribution in [-0.4, -0.2) is 37.7 Å². The Balaban J connectivity index is 1.67. The standard InChI is InChI=1S/C17H25N5O/c1-12-10-13(2)22(21-12)16-8-7-15(19-20-16)18-11-17(3)9-5-4-6-14(17)23/h7-8,10,14,23H,4-6,9,11H2,1-3H3,(H,18,19). The van der Waals surface area contributed by atoms with Gasteiger partial charge in [0.2, 0.25) is 0 Å². The van der Waals surface area contributed by atoms with Gasteiger partial charge in [0.25, 0.3) is 0 Å². The lowest BCUT2D eigenvalue weighted by atomic mass is 9.73. The van der Waals surface area contributed by atoms with Crippen molar-refractivity contribution in [2.45, 2.75) is 52.6 Å². The van der Waals surface area contributed by atoms with E-state index in [1.54, 1.807) is 4.68 Å². The van der Waals surface area contributed by atoms with Crippen molar-refractivity contribution in [1.29, 1.82) is 0 Å². The number of rotatable bonds is 4. The van der Waals surface area contributed by atoms with Crippen molar-refractivity contribution in [3.63, 3.8) is 0 Å². The van der Waals surface area contributed by atoms with Crippen LogP contribution in [0.4, 0.5) is 5.82 Å². The zero-order valence-electron chi connectivity index (χ0n) is 14.1. The van der Waals surface area contributed by atoms with E-state index in [0.717, 1.165) is 36.5 Å². The van der Waals surface area contributed by atoms with Crippen LogP contribution in [0.3, 0.4) is 0 Å². The van der Waals surface area contributed by atoms with E-state index in [0.29, 0.717) is 12.4 Å². The van der Waals surface area contributed by atoms with Gasteiger partial charge in [-0.2, -0.15) is 5.10 Å². The zero-order valence-corrected chi connectivity index (χ0v) is 14.1. The summed E-state index contributed by atoms with van der Waals surface area (Å²) in [5, 5.41) is 26.5. The van der Waals surface area contributed by atoms with Crippen LogP contribution in [-0.2, 0) is 0 Å². The first-order valence-electron chi connectivity index (χ1n) is 8.27. The number of hydrogen-bond donors (Lipinski definition) is 2. The van der Waals surface area contributed by atoms with Crippen molar-refractivity contribution in [3.05, 3.63) is 29.6 Å². The highest BCUT2D eigenvalue weighted by Crippen LogP contribution is 2.36. The quantitative estimate of drug-likeness (QED) is 0.907. The summed E-state index contributed by atoms with van der Waals surface area (Å²) >= 11 is 0. The van der Waals surface area contributed by atoms with Crippen molar-refractivity contribution >= 4 is 5.82 Å². The van der Waals surface area contributed by atoms with Gasteiger partial charge >= 0.3 is 0 Å². The number of nitrogens with one attached hydrogen (secondary N) is 1. The Morgan fingerprint density at radius 2 is 2.13 bits per heavy atom. The Kier molecular flexibility index (Phi) is 4.35. The van der Waals surface area contributed by atoms with Crippen LogP contribution in [0.15, 0.2) is 18.2 Å². The molecule has 0 bridgehead atoms. The minimum atomic E-state index is -0.245. The summed E-state index contributed by atoms with van der Waals surface area (Å²) in [6.45, 7) is 6.81. The molecule has 1 fully saturated rings. The Morgan fingerprint density at radius 3 is 2.74 bits per heavy atom. The zero-order chi connectivity index (χ0) is 16.4. The summed E-state index contributed by atoms with van der Waals surface area (Å²) in [5.41, 5.74) is 1.91. The average Bonchev–Trinajstić information content (AvgIpc) is 2.88. The molecule has 1 aliphatic carbocycles. The molecule has 6 heteroatoms. The molecule has 2 atom stereocenters. The smallest absolute Gasteiger partial charge is 0.176 e. The van der Waals surface area contributed by atoms with Gasteiger partial charge in [-0.3, -0.25) is 0 Å². The Hall–Kier alpha value is -1.95. The highest BCUT2D eigenvalue weighted by molar-refractivity contribution is 5.37. The van der Waals surface area contributed by atoms with Crippen LogP contribution in [0.5, 0.6) is 0 Å². The maximum Gasteiger partial charge on any atom is 0.176 e. The number of nitrogens with zero attached hydrogens (tertiary/aromatic N) is 4. The minimum Gasteiger partial charge on any atom is -0.392 e. The molecule has 1 saturated carbocycles. The molecule has 0 aliphatic heterocycles. The monoisotopic (exact) mass is 315 g/mol. The topological polar surface area (TPSA) is 75.9 Å². The molecule has 124 valence electrons. The molecule has 0 radical (unpaired) electrons. The molecule has 2 unspecified atom stereocenters. The second-order valence-corrected chi connectivity index (χ2v) is 6.88. The van der Waals surface area contributed by atoms with Gasteiger partial charge in [-0.05, 0) is 44.9 Å². The summed E-state index contributed by atoms with van der Waals surface area (Å²) in [6.07, 6.45) is 3.98. The molecule has 2 N–H and O–H groups in total. The van der Waals surface area contributed by atoms with Gasteiger partial charge in [0.15, 0.2) is 5.82 Å². The second-order valence-electron chi connectivity index (χ2n) is 6.88. The Morgan fingerprint density at radius 1 is 1.30 bits per heavy atom. The van der Waals surface area contributed by atoms with E-state index in [-0.39, 0.29) is 11.5 Å². The van der Waals surface area contributed by atoms with Crippen molar-refractivity contribution in [1.82, 2.24) is 20.0 Å². The van der Waals surface area contributed by atoms with Gasteiger partial charge < -0.3 is 10.4 Å². The Bertz CT molecular complexity index is 666.